The van der Waals surface area contributed by atoms with Crippen molar-refractivity contribution in [2.24, 2.45) is 0 Å². The first-order chi connectivity index (χ1) is 19.8. The van der Waals surface area contributed by atoms with Crippen molar-refractivity contribution >= 4 is 54.1 Å². The topological polar surface area (TPSA) is 4.93 Å². The molecule has 0 atom stereocenters. The molecule has 8 rings (SSSR count). The first kappa shape index (κ1) is 27.5. The highest BCUT2D eigenvalue weighted by Gasteiger charge is 2.28. The number of hydrogen-bond acceptors (Lipinski definition) is 0. The van der Waals surface area contributed by atoms with Gasteiger partial charge < -0.3 is 4.57 Å². The molecule has 0 fully saturated rings. The normalized spacial score (nSPS) is 11.4. The van der Waals surface area contributed by atoms with Gasteiger partial charge in [0.1, 0.15) is 0 Å². The fraction of sp³-hybridized carbons (Fsp3) is 0.231. The summed E-state index contributed by atoms with van der Waals surface area (Å²) in [6.07, 6.45) is 0.998. The molecule has 0 radical (unpaired) electrons. The Morgan fingerprint density at radius 2 is 1.10 bits per heavy atom. The molecular formula is C39H41N. The highest BCUT2D eigenvalue weighted by molar-refractivity contribution is 6.26. The summed E-state index contributed by atoms with van der Waals surface area (Å²) < 4.78 is 2.55. The summed E-state index contributed by atoms with van der Waals surface area (Å²) in [6.45, 7) is 15.2. The third-order valence-corrected chi connectivity index (χ3v) is 7.98. The summed E-state index contributed by atoms with van der Waals surface area (Å²) in [6, 6.07) is 36.1. The van der Waals surface area contributed by atoms with Crippen LogP contribution < -0.4 is 0 Å². The minimum absolute atomic E-state index is 0.954. The van der Waals surface area contributed by atoms with Crippen LogP contribution in [-0.4, -0.2) is 4.57 Å². The molecule has 0 aliphatic heterocycles. The molecule has 1 aliphatic rings. The summed E-state index contributed by atoms with van der Waals surface area (Å²) in [7, 11) is 0. The van der Waals surface area contributed by atoms with Crippen molar-refractivity contribution in [3.05, 3.63) is 108 Å². The molecular weight excluding hydrogens is 482 g/mol. The smallest absolute Gasteiger partial charge is 0.0574 e. The summed E-state index contributed by atoms with van der Waals surface area (Å²) in [4.78, 5) is 0. The third-order valence-electron chi connectivity index (χ3n) is 7.98. The van der Waals surface area contributed by atoms with Gasteiger partial charge >= 0.3 is 0 Å². The van der Waals surface area contributed by atoms with Crippen molar-refractivity contribution in [1.29, 1.82) is 0 Å². The summed E-state index contributed by atoms with van der Waals surface area (Å²) in [5.74, 6) is 0. The largest absolute Gasteiger partial charge is 0.340 e. The third kappa shape index (κ3) is 3.91. The van der Waals surface area contributed by atoms with Gasteiger partial charge in [-0.2, -0.15) is 0 Å². The zero-order chi connectivity index (χ0) is 28.4. The van der Waals surface area contributed by atoms with Crippen LogP contribution in [0.25, 0.3) is 65.3 Å². The van der Waals surface area contributed by atoms with E-state index in [0.717, 1.165) is 13.0 Å². The standard InChI is InChI=1S/C33H23N.3C2H6/c1-2-34-29-18-16-20-9-3-4-10-22(20)31(29)27-17-15-21-19-28-25-13-6-5-11-23(25)24-12-7-8-14-26(24)32(28)30(21)33(27)34;3*1-2/h3-18H,2,19H2,1H3;3*1-2H3. The molecule has 1 heterocycles. The highest BCUT2D eigenvalue weighted by atomic mass is 15.0. The number of nitrogens with zero attached hydrogens (tertiary/aromatic N) is 1. The van der Waals surface area contributed by atoms with Crippen LogP contribution in [0.3, 0.4) is 0 Å². The molecule has 40 heavy (non-hydrogen) atoms. The predicted molar refractivity (Wildman–Crippen MR) is 180 cm³/mol. The Bertz CT molecular complexity index is 1970. The Kier molecular flexibility index (Phi) is 7.94. The second-order valence-electron chi connectivity index (χ2n) is 9.54. The molecule has 0 saturated heterocycles. The molecule has 0 N–H and O–H groups in total. The SMILES string of the molecule is CC.CC.CC.CCn1c2ccc3ccccc3c2c2ccc3c(c21)-c1c(c2ccccc2c2ccccc12)C3. The van der Waals surface area contributed by atoms with E-state index in [4.69, 9.17) is 0 Å². The van der Waals surface area contributed by atoms with E-state index >= 15 is 0 Å². The summed E-state index contributed by atoms with van der Waals surface area (Å²) >= 11 is 0. The summed E-state index contributed by atoms with van der Waals surface area (Å²) in [5, 5.41) is 10.9. The van der Waals surface area contributed by atoms with Gasteiger partial charge in [0, 0.05) is 28.4 Å². The average Bonchev–Trinajstić information content (AvgIpc) is 3.60. The van der Waals surface area contributed by atoms with Crippen molar-refractivity contribution in [3.8, 4) is 11.1 Å². The molecule has 1 aromatic heterocycles. The lowest BCUT2D eigenvalue weighted by Gasteiger charge is -2.14. The van der Waals surface area contributed by atoms with Gasteiger partial charge in [-0.3, -0.25) is 0 Å². The van der Waals surface area contributed by atoms with E-state index in [1.807, 2.05) is 41.5 Å². The zero-order valence-electron chi connectivity index (χ0n) is 25.1. The van der Waals surface area contributed by atoms with E-state index in [2.05, 4.69) is 109 Å². The Balaban J connectivity index is 0.000000507. The second-order valence-corrected chi connectivity index (χ2v) is 9.54. The van der Waals surface area contributed by atoms with Crippen molar-refractivity contribution in [1.82, 2.24) is 4.57 Å². The van der Waals surface area contributed by atoms with Crippen LogP contribution in [0.4, 0.5) is 0 Å². The van der Waals surface area contributed by atoms with Crippen molar-refractivity contribution < 1.29 is 0 Å². The van der Waals surface area contributed by atoms with E-state index in [0.29, 0.717) is 0 Å². The maximum absolute atomic E-state index is 2.55. The number of benzene rings is 6. The minimum atomic E-state index is 0.954. The Morgan fingerprint density at radius 3 is 1.77 bits per heavy atom. The van der Waals surface area contributed by atoms with Gasteiger partial charge in [0.25, 0.3) is 0 Å². The maximum atomic E-state index is 2.55. The minimum Gasteiger partial charge on any atom is -0.340 e. The highest BCUT2D eigenvalue weighted by Crippen LogP contribution is 2.50. The van der Waals surface area contributed by atoms with Crippen LogP contribution >= 0.6 is 0 Å². The Hall–Kier alpha value is -4.10. The molecule has 0 spiro atoms. The molecule has 0 unspecified atom stereocenters. The molecule has 1 aliphatic carbocycles. The lowest BCUT2D eigenvalue weighted by molar-refractivity contribution is 0.828. The van der Waals surface area contributed by atoms with Gasteiger partial charge in [-0.25, -0.2) is 0 Å². The van der Waals surface area contributed by atoms with Crippen LogP contribution in [0.1, 0.15) is 59.6 Å². The number of fused-ring (bicyclic) bond motifs is 14. The maximum Gasteiger partial charge on any atom is 0.0574 e. The molecule has 0 amide bonds. The zero-order valence-corrected chi connectivity index (χ0v) is 25.1. The number of aromatic nitrogens is 1. The quantitative estimate of drug-likeness (QED) is 0.189. The fourth-order valence-electron chi connectivity index (χ4n) is 6.63. The van der Waals surface area contributed by atoms with Crippen LogP contribution in [0.5, 0.6) is 0 Å². The number of rotatable bonds is 1. The molecule has 0 saturated carbocycles. The van der Waals surface area contributed by atoms with Crippen molar-refractivity contribution in [3.63, 3.8) is 0 Å². The van der Waals surface area contributed by atoms with Gasteiger partial charge in [-0.15, -0.1) is 0 Å². The lowest BCUT2D eigenvalue weighted by Crippen LogP contribution is -1.95. The summed E-state index contributed by atoms with van der Waals surface area (Å²) in [5.41, 5.74) is 8.54. The molecule has 202 valence electrons. The van der Waals surface area contributed by atoms with Gasteiger partial charge in [-0.1, -0.05) is 133 Å². The molecule has 0 bridgehead atoms. The van der Waals surface area contributed by atoms with Gasteiger partial charge in [0.15, 0.2) is 0 Å². The van der Waals surface area contributed by atoms with Crippen LogP contribution in [0, 0.1) is 0 Å². The molecule has 1 nitrogen and oxygen atoms in total. The molecule has 1 heteroatoms. The van der Waals surface area contributed by atoms with E-state index in [1.54, 1.807) is 0 Å². The predicted octanol–water partition coefficient (Wildman–Crippen LogP) is 11.9. The first-order valence-corrected chi connectivity index (χ1v) is 15.2. The van der Waals surface area contributed by atoms with Gasteiger partial charge in [-0.05, 0) is 68.4 Å². The van der Waals surface area contributed by atoms with E-state index in [9.17, 15) is 0 Å². The van der Waals surface area contributed by atoms with E-state index < -0.39 is 0 Å². The number of aryl methyl sites for hydroxylation is 1. The van der Waals surface area contributed by atoms with Gasteiger partial charge in [0.05, 0.1) is 5.52 Å². The number of hydrogen-bond donors (Lipinski definition) is 0. The second kappa shape index (κ2) is 11.6. The van der Waals surface area contributed by atoms with Crippen LogP contribution in [-0.2, 0) is 13.0 Å². The fourth-order valence-corrected chi connectivity index (χ4v) is 6.63. The Labute approximate surface area is 239 Å². The average molecular weight is 524 g/mol. The molecule has 7 aromatic rings. The monoisotopic (exact) mass is 523 g/mol. The van der Waals surface area contributed by atoms with E-state index in [1.165, 1.54) is 76.4 Å². The molecule has 6 aromatic carbocycles. The van der Waals surface area contributed by atoms with E-state index in [-0.39, 0.29) is 0 Å². The van der Waals surface area contributed by atoms with Crippen LogP contribution in [0.2, 0.25) is 0 Å². The van der Waals surface area contributed by atoms with Gasteiger partial charge in [0.2, 0.25) is 0 Å². The lowest BCUT2D eigenvalue weighted by atomic mass is 9.91. The van der Waals surface area contributed by atoms with Crippen LogP contribution in [0.15, 0.2) is 97.1 Å². The van der Waals surface area contributed by atoms with Crippen molar-refractivity contribution in [2.45, 2.75) is 61.4 Å². The van der Waals surface area contributed by atoms with Crippen molar-refractivity contribution in [2.75, 3.05) is 0 Å². The Morgan fingerprint density at radius 1 is 0.525 bits per heavy atom. The first-order valence-electron chi connectivity index (χ1n) is 15.2.